The van der Waals surface area contributed by atoms with Crippen molar-refractivity contribution in [3.05, 3.63) is 52.6 Å². The second-order valence-corrected chi connectivity index (χ2v) is 18.1. The van der Waals surface area contributed by atoms with Gasteiger partial charge in [-0.2, -0.15) is 0 Å². The van der Waals surface area contributed by atoms with E-state index in [1.807, 2.05) is 12.1 Å². The van der Waals surface area contributed by atoms with Gasteiger partial charge in [-0.1, -0.05) is 43.7 Å². The maximum absolute atomic E-state index is 14.0. The second kappa shape index (κ2) is 16.7. The lowest BCUT2D eigenvalue weighted by molar-refractivity contribution is -0.155. The number of nitrogens with one attached hydrogen (secondary N) is 2. The fourth-order valence-corrected chi connectivity index (χ4v) is 8.96. The molecule has 13 nitrogen and oxygen atoms in total. The average Bonchev–Trinajstić information content (AvgIpc) is 3.50. The van der Waals surface area contributed by atoms with Crippen molar-refractivity contribution in [3.63, 3.8) is 0 Å². The van der Waals surface area contributed by atoms with Crippen molar-refractivity contribution in [2.24, 2.45) is 17.3 Å². The number of fused-ring (bicyclic) bond motifs is 3. The molecule has 0 aromatic heterocycles. The summed E-state index contributed by atoms with van der Waals surface area (Å²) in [4.78, 5) is 53.2. The predicted molar refractivity (Wildman–Crippen MR) is 206 cm³/mol. The van der Waals surface area contributed by atoms with Crippen molar-refractivity contribution in [3.8, 4) is 0 Å². The van der Waals surface area contributed by atoms with E-state index < -0.39 is 72.5 Å². The van der Waals surface area contributed by atoms with E-state index in [4.69, 9.17) is 23.7 Å². The lowest BCUT2D eigenvalue weighted by Crippen LogP contribution is -2.55. The molecule has 56 heavy (non-hydrogen) atoms. The molecular formula is C43H60N2O11. The van der Waals surface area contributed by atoms with Crippen LogP contribution in [0.15, 0.2) is 41.5 Å². The third-order valence-electron chi connectivity index (χ3n) is 12.2. The van der Waals surface area contributed by atoms with E-state index in [0.29, 0.717) is 17.4 Å². The Morgan fingerprint density at radius 1 is 1.07 bits per heavy atom. The molecule has 1 aromatic rings. The van der Waals surface area contributed by atoms with Gasteiger partial charge in [-0.15, -0.1) is 0 Å². The Hall–Kier alpha value is -3.62. The third-order valence-corrected chi connectivity index (χ3v) is 12.2. The molecule has 0 bridgehead atoms. The van der Waals surface area contributed by atoms with Crippen LogP contribution in [0, 0.1) is 17.3 Å². The minimum absolute atomic E-state index is 0.0202. The van der Waals surface area contributed by atoms with Gasteiger partial charge in [0.05, 0.1) is 36.0 Å². The molecule has 2 saturated heterocycles. The first kappa shape index (κ1) is 42.0. The molecular weight excluding hydrogens is 720 g/mol. The minimum Gasteiger partial charge on any atom is -0.460 e. The number of benzene rings is 1. The van der Waals surface area contributed by atoms with Crippen LogP contribution in [0.1, 0.15) is 116 Å². The SMILES string of the molecule is CC(O)C(NC(=O)C1=CC2OCOC2C(OC(=O)c2ccccc2C=C2CCC3OC3(C)CCC3C2CC3(C)C)C1)C(=O)NC(CO)CCC(=O)OC(C)(C)C. The summed E-state index contributed by atoms with van der Waals surface area (Å²) in [7, 11) is 0. The molecule has 2 saturated carbocycles. The maximum atomic E-state index is 14.0. The number of allylic oxidation sites excluding steroid dienone is 1. The topological polar surface area (TPSA) is 182 Å². The number of aliphatic hydroxyl groups is 2. The summed E-state index contributed by atoms with van der Waals surface area (Å²) in [5, 5.41) is 25.6. The first-order chi connectivity index (χ1) is 26.4. The molecule has 10 unspecified atom stereocenters. The Kier molecular flexibility index (Phi) is 12.5. The van der Waals surface area contributed by atoms with Crippen LogP contribution < -0.4 is 10.6 Å². The number of amides is 2. The van der Waals surface area contributed by atoms with E-state index in [0.717, 1.165) is 37.7 Å². The number of rotatable bonds is 12. The van der Waals surface area contributed by atoms with Crippen molar-refractivity contribution in [2.45, 2.75) is 154 Å². The average molecular weight is 781 g/mol. The molecule has 13 heteroatoms. The monoisotopic (exact) mass is 780 g/mol. The Labute approximate surface area is 329 Å². The van der Waals surface area contributed by atoms with E-state index in [1.54, 1.807) is 39.0 Å². The van der Waals surface area contributed by atoms with Crippen LogP contribution in [0.2, 0.25) is 0 Å². The molecule has 10 atom stereocenters. The molecule has 0 radical (unpaired) electrons. The fourth-order valence-electron chi connectivity index (χ4n) is 8.96. The zero-order valence-corrected chi connectivity index (χ0v) is 33.8. The fraction of sp³-hybridized carbons (Fsp3) is 0.674. The standard InChI is InChI=1S/C43H60N2O11/c1-24(47)36(39(50)44-28(22-46)13-15-35(48)56-41(2,3)4)45-38(49)27-19-32-37(53-23-52-32)33(20-27)54-40(51)29-11-9-8-10-25(29)18-26-12-14-34-43(7,55-34)17-16-31-30(26)21-42(31,5)6/h8-11,18-19,24,28,30-34,36-37,46-47H,12-17,20-23H2,1-7H3,(H,44,50)(H,45,49). The molecule has 3 aliphatic carbocycles. The first-order valence-electron chi connectivity index (χ1n) is 20.1. The Morgan fingerprint density at radius 2 is 1.82 bits per heavy atom. The molecule has 1 aromatic carbocycles. The van der Waals surface area contributed by atoms with Crippen molar-refractivity contribution >= 4 is 29.8 Å². The second-order valence-electron chi connectivity index (χ2n) is 18.1. The van der Waals surface area contributed by atoms with Crippen LogP contribution in [-0.2, 0) is 38.1 Å². The molecule has 0 spiro atoms. The third kappa shape index (κ3) is 9.73. The first-order valence-corrected chi connectivity index (χ1v) is 20.1. The van der Waals surface area contributed by atoms with Gasteiger partial charge in [0.1, 0.15) is 36.7 Å². The van der Waals surface area contributed by atoms with Gasteiger partial charge in [0.25, 0.3) is 0 Å². The Bertz CT molecular complexity index is 1710. The summed E-state index contributed by atoms with van der Waals surface area (Å²) < 4.78 is 29.1. The maximum Gasteiger partial charge on any atom is 0.339 e. The van der Waals surface area contributed by atoms with E-state index in [1.165, 1.54) is 12.5 Å². The van der Waals surface area contributed by atoms with E-state index in [9.17, 15) is 29.4 Å². The zero-order valence-electron chi connectivity index (χ0n) is 33.8. The molecule has 2 heterocycles. The normalized spacial score (nSPS) is 31.6. The number of hydrogen-bond acceptors (Lipinski definition) is 11. The molecule has 6 rings (SSSR count). The van der Waals surface area contributed by atoms with Crippen LogP contribution in [-0.4, -0.2) is 101 Å². The van der Waals surface area contributed by atoms with E-state index in [-0.39, 0.29) is 48.7 Å². The van der Waals surface area contributed by atoms with Gasteiger partial charge in [-0.3, -0.25) is 14.4 Å². The summed E-state index contributed by atoms with van der Waals surface area (Å²) >= 11 is 0. The van der Waals surface area contributed by atoms with Gasteiger partial charge in [0, 0.05) is 18.4 Å². The van der Waals surface area contributed by atoms with Gasteiger partial charge in [-0.25, -0.2) is 4.79 Å². The summed E-state index contributed by atoms with van der Waals surface area (Å²) in [5.74, 6) is -1.44. The molecule has 308 valence electrons. The highest BCUT2D eigenvalue weighted by molar-refractivity contribution is 5.98. The van der Waals surface area contributed by atoms with Crippen LogP contribution in [0.4, 0.5) is 0 Å². The van der Waals surface area contributed by atoms with Crippen LogP contribution in [0.25, 0.3) is 6.08 Å². The molecule has 2 aliphatic heterocycles. The van der Waals surface area contributed by atoms with Gasteiger partial charge in [0.2, 0.25) is 11.8 Å². The van der Waals surface area contributed by atoms with Gasteiger partial charge in [0.15, 0.2) is 0 Å². The number of carbonyl (C=O) groups excluding carboxylic acids is 4. The van der Waals surface area contributed by atoms with E-state index in [2.05, 4.69) is 37.5 Å². The molecule has 5 aliphatic rings. The molecule has 4 N–H and O–H groups in total. The van der Waals surface area contributed by atoms with Gasteiger partial charge in [-0.05, 0) is 108 Å². The quantitative estimate of drug-likeness (QED) is 0.173. The van der Waals surface area contributed by atoms with Gasteiger partial charge < -0.3 is 44.5 Å². The highest BCUT2D eigenvalue weighted by Crippen LogP contribution is 2.59. The van der Waals surface area contributed by atoms with Gasteiger partial charge >= 0.3 is 11.9 Å². The summed E-state index contributed by atoms with van der Waals surface area (Å²) in [6.45, 7) is 13.0. The van der Waals surface area contributed by atoms with Crippen molar-refractivity contribution < 1.29 is 53.1 Å². The number of carbonyl (C=O) groups is 4. The number of aliphatic hydroxyl groups excluding tert-OH is 2. The lowest BCUT2D eigenvalue weighted by Gasteiger charge is -2.53. The molecule has 4 fully saturated rings. The number of epoxide rings is 1. The van der Waals surface area contributed by atoms with Crippen LogP contribution >= 0.6 is 0 Å². The summed E-state index contributed by atoms with van der Waals surface area (Å²) in [5.41, 5.74) is 2.26. The Balaban J connectivity index is 1.12. The highest BCUT2D eigenvalue weighted by Gasteiger charge is 2.56. The minimum atomic E-state index is -1.39. The predicted octanol–water partition coefficient (Wildman–Crippen LogP) is 4.53. The van der Waals surface area contributed by atoms with Crippen molar-refractivity contribution in [1.82, 2.24) is 10.6 Å². The number of hydrogen-bond donors (Lipinski definition) is 4. The number of ether oxygens (including phenoxy) is 5. The summed E-state index contributed by atoms with van der Waals surface area (Å²) in [6.07, 6.45) is 5.66. The van der Waals surface area contributed by atoms with Crippen molar-refractivity contribution in [1.29, 1.82) is 0 Å². The highest BCUT2D eigenvalue weighted by atomic mass is 16.7. The molecule has 2 amide bonds. The largest absolute Gasteiger partial charge is 0.460 e. The number of esters is 2. The zero-order chi connectivity index (χ0) is 40.6. The smallest absolute Gasteiger partial charge is 0.339 e. The summed E-state index contributed by atoms with van der Waals surface area (Å²) in [6, 6.07) is 5.19. The van der Waals surface area contributed by atoms with Crippen molar-refractivity contribution in [2.75, 3.05) is 13.4 Å². The van der Waals surface area contributed by atoms with Crippen LogP contribution in [0.5, 0.6) is 0 Å². The lowest BCUT2D eigenvalue weighted by atomic mass is 9.52. The van der Waals surface area contributed by atoms with Crippen LogP contribution in [0.3, 0.4) is 0 Å². The Morgan fingerprint density at radius 3 is 2.52 bits per heavy atom. The van der Waals surface area contributed by atoms with E-state index >= 15 is 0 Å².